The van der Waals surface area contributed by atoms with Gasteiger partial charge in [-0.2, -0.15) is 0 Å². The van der Waals surface area contributed by atoms with Gasteiger partial charge < -0.3 is 14.2 Å². The first-order valence-corrected chi connectivity index (χ1v) is 8.98. The highest BCUT2D eigenvalue weighted by Crippen LogP contribution is 2.17. The molecule has 134 valence electrons. The molecular formula is C20H22N4O2. The summed E-state index contributed by atoms with van der Waals surface area (Å²) in [4.78, 5) is 23.4. The lowest BCUT2D eigenvalue weighted by atomic mass is 10.2. The Morgan fingerprint density at radius 2 is 2.08 bits per heavy atom. The molecule has 1 atom stereocenters. The summed E-state index contributed by atoms with van der Waals surface area (Å²) in [5.41, 5.74) is 2.95. The number of rotatable bonds is 6. The minimum absolute atomic E-state index is 0.0699. The smallest absolute Gasteiger partial charge is 0.242 e. The normalized spacial score (nSPS) is 16.8. The lowest BCUT2D eigenvalue weighted by Crippen LogP contribution is -2.38. The molecular weight excluding hydrogens is 328 g/mol. The van der Waals surface area contributed by atoms with Crippen molar-refractivity contribution in [2.45, 2.75) is 32.0 Å². The summed E-state index contributed by atoms with van der Waals surface area (Å²) < 4.78 is 7.66. The number of carbonyl (C=O) groups is 1. The summed E-state index contributed by atoms with van der Waals surface area (Å²) >= 11 is 0. The summed E-state index contributed by atoms with van der Waals surface area (Å²) in [5.74, 6) is 0.0699. The molecule has 1 fully saturated rings. The number of amides is 1. The van der Waals surface area contributed by atoms with Crippen LogP contribution in [0.5, 0.6) is 0 Å². The maximum absolute atomic E-state index is 13.1. The molecule has 2 aromatic heterocycles. The number of pyridine rings is 1. The largest absolute Gasteiger partial charge is 0.376 e. The Kier molecular flexibility index (Phi) is 4.93. The van der Waals surface area contributed by atoms with E-state index in [9.17, 15) is 4.79 Å². The molecule has 1 aromatic carbocycles. The minimum atomic E-state index is 0.0699. The van der Waals surface area contributed by atoms with Gasteiger partial charge in [-0.15, -0.1) is 0 Å². The molecule has 1 amide bonds. The third-order valence-electron chi connectivity index (χ3n) is 4.76. The van der Waals surface area contributed by atoms with Crippen LogP contribution in [0.25, 0.3) is 11.0 Å². The predicted octanol–water partition coefficient (Wildman–Crippen LogP) is 2.64. The zero-order chi connectivity index (χ0) is 17.8. The number of para-hydroxylation sites is 2. The third kappa shape index (κ3) is 3.75. The van der Waals surface area contributed by atoms with Gasteiger partial charge in [0, 0.05) is 32.1 Å². The third-order valence-corrected chi connectivity index (χ3v) is 4.76. The molecule has 3 heterocycles. The Labute approximate surface area is 152 Å². The number of hydrogen-bond donors (Lipinski definition) is 0. The van der Waals surface area contributed by atoms with E-state index in [-0.39, 0.29) is 18.6 Å². The Morgan fingerprint density at radius 3 is 2.88 bits per heavy atom. The zero-order valence-corrected chi connectivity index (χ0v) is 14.6. The molecule has 1 aliphatic rings. The second kappa shape index (κ2) is 7.66. The van der Waals surface area contributed by atoms with Crippen LogP contribution < -0.4 is 0 Å². The van der Waals surface area contributed by atoms with Gasteiger partial charge in [-0.05, 0) is 42.7 Å². The maximum atomic E-state index is 13.1. The second-order valence-corrected chi connectivity index (χ2v) is 6.63. The van der Waals surface area contributed by atoms with Crippen molar-refractivity contribution in [1.82, 2.24) is 19.4 Å². The van der Waals surface area contributed by atoms with E-state index >= 15 is 0 Å². The van der Waals surface area contributed by atoms with E-state index in [1.54, 1.807) is 18.7 Å². The summed E-state index contributed by atoms with van der Waals surface area (Å²) in [5, 5.41) is 0. The molecule has 0 saturated carbocycles. The molecule has 0 N–H and O–H groups in total. The fourth-order valence-corrected chi connectivity index (χ4v) is 3.38. The average Bonchev–Trinajstić information content (AvgIpc) is 3.32. The van der Waals surface area contributed by atoms with Crippen LogP contribution in [-0.2, 0) is 22.6 Å². The number of imidazole rings is 1. The number of fused-ring (bicyclic) bond motifs is 1. The second-order valence-electron chi connectivity index (χ2n) is 6.63. The molecule has 0 aliphatic carbocycles. The molecule has 6 nitrogen and oxygen atoms in total. The highest BCUT2D eigenvalue weighted by atomic mass is 16.5. The average molecular weight is 350 g/mol. The van der Waals surface area contributed by atoms with E-state index in [0.29, 0.717) is 13.1 Å². The van der Waals surface area contributed by atoms with Crippen molar-refractivity contribution in [3.8, 4) is 0 Å². The maximum Gasteiger partial charge on any atom is 0.242 e. The van der Waals surface area contributed by atoms with E-state index in [0.717, 1.165) is 36.0 Å². The van der Waals surface area contributed by atoms with Gasteiger partial charge in [-0.3, -0.25) is 9.78 Å². The van der Waals surface area contributed by atoms with Crippen molar-refractivity contribution in [2.75, 3.05) is 13.2 Å². The van der Waals surface area contributed by atoms with Gasteiger partial charge >= 0.3 is 0 Å². The van der Waals surface area contributed by atoms with Gasteiger partial charge in [0.15, 0.2) is 0 Å². The van der Waals surface area contributed by atoms with Crippen molar-refractivity contribution in [2.24, 2.45) is 0 Å². The molecule has 0 unspecified atom stereocenters. The first-order valence-electron chi connectivity index (χ1n) is 8.98. The van der Waals surface area contributed by atoms with E-state index in [1.807, 2.05) is 45.9 Å². The Morgan fingerprint density at radius 1 is 1.23 bits per heavy atom. The van der Waals surface area contributed by atoms with E-state index in [2.05, 4.69) is 9.97 Å². The standard InChI is InChI=1S/C20H22N4O2/c25-20(14-24-15-22-18-5-1-2-6-19(18)24)23(13-17-4-3-11-26-17)12-16-7-9-21-10-8-16/h1-2,5-10,15,17H,3-4,11-14H2/t17-/m0/s1. The van der Waals surface area contributed by atoms with Crippen LogP contribution in [-0.4, -0.2) is 44.6 Å². The minimum Gasteiger partial charge on any atom is -0.376 e. The molecule has 6 heteroatoms. The fraction of sp³-hybridized carbons (Fsp3) is 0.350. The van der Waals surface area contributed by atoms with Crippen LogP contribution in [0.4, 0.5) is 0 Å². The Hall–Kier alpha value is -2.73. The quantitative estimate of drug-likeness (QED) is 0.686. The Balaban J connectivity index is 1.52. The van der Waals surface area contributed by atoms with Crippen LogP contribution in [0.15, 0.2) is 55.1 Å². The number of carbonyl (C=O) groups excluding carboxylic acids is 1. The van der Waals surface area contributed by atoms with Crippen LogP contribution in [0.1, 0.15) is 18.4 Å². The number of nitrogens with zero attached hydrogens (tertiary/aromatic N) is 4. The van der Waals surface area contributed by atoms with Crippen molar-refractivity contribution in [3.05, 3.63) is 60.7 Å². The van der Waals surface area contributed by atoms with Gasteiger partial charge in [0.2, 0.25) is 5.91 Å². The van der Waals surface area contributed by atoms with Crippen molar-refractivity contribution < 1.29 is 9.53 Å². The molecule has 26 heavy (non-hydrogen) atoms. The molecule has 1 aliphatic heterocycles. The van der Waals surface area contributed by atoms with E-state index in [4.69, 9.17) is 4.74 Å². The number of hydrogen-bond acceptors (Lipinski definition) is 4. The zero-order valence-electron chi connectivity index (χ0n) is 14.6. The van der Waals surface area contributed by atoms with Crippen molar-refractivity contribution >= 4 is 16.9 Å². The van der Waals surface area contributed by atoms with Crippen LogP contribution in [0.3, 0.4) is 0 Å². The number of benzene rings is 1. The molecule has 0 bridgehead atoms. The highest BCUT2D eigenvalue weighted by Gasteiger charge is 2.23. The molecule has 0 spiro atoms. The number of ether oxygens (including phenoxy) is 1. The first kappa shape index (κ1) is 16.7. The van der Waals surface area contributed by atoms with Crippen LogP contribution in [0, 0.1) is 0 Å². The van der Waals surface area contributed by atoms with Crippen LogP contribution >= 0.6 is 0 Å². The van der Waals surface area contributed by atoms with Gasteiger partial charge in [0.05, 0.1) is 23.5 Å². The Bertz CT molecular complexity index is 872. The molecule has 4 rings (SSSR count). The summed E-state index contributed by atoms with van der Waals surface area (Å²) in [6.07, 6.45) is 7.45. The fourth-order valence-electron chi connectivity index (χ4n) is 3.38. The lowest BCUT2D eigenvalue weighted by molar-refractivity contribution is -0.134. The summed E-state index contributed by atoms with van der Waals surface area (Å²) in [7, 11) is 0. The molecule has 3 aromatic rings. The topological polar surface area (TPSA) is 60.2 Å². The number of aromatic nitrogens is 3. The van der Waals surface area contributed by atoms with Crippen molar-refractivity contribution in [1.29, 1.82) is 0 Å². The summed E-state index contributed by atoms with van der Waals surface area (Å²) in [6.45, 7) is 2.24. The molecule has 1 saturated heterocycles. The van der Waals surface area contributed by atoms with E-state index < -0.39 is 0 Å². The van der Waals surface area contributed by atoms with Gasteiger partial charge in [-0.25, -0.2) is 4.98 Å². The SMILES string of the molecule is O=C(Cn1cnc2ccccc21)N(Cc1ccncc1)C[C@@H]1CCCO1. The van der Waals surface area contributed by atoms with Gasteiger partial charge in [0.25, 0.3) is 0 Å². The highest BCUT2D eigenvalue weighted by molar-refractivity contribution is 5.80. The first-order chi connectivity index (χ1) is 12.8. The predicted molar refractivity (Wildman–Crippen MR) is 98.4 cm³/mol. The lowest BCUT2D eigenvalue weighted by Gasteiger charge is -2.26. The van der Waals surface area contributed by atoms with Gasteiger partial charge in [-0.1, -0.05) is 12.1 Å². The van der Waals surface area contributed by atoms with Crippen molar-refractivity contribution in [3.63, 3.8) is 0 Å². The monoisotopic (exact) mass is 350 g/mol. The summed E-state index contributed by atoms with van der Waals surface area (Å²) in [6, 6.07) is 11.8. The van der Waals surface area contributed by atoms with Gasteiger partial charge in [0.1, 0.15) is 6.54 Å². The van der Waals surface area contributed by atoms with Crippen LogP contribution in [0.2, 0.25) is 0 Å². The van der Waals surface area contributed by atoms with E-state index in [1.165, 1.54) is 0 Å². The molecule has 0 radical (unpaired) electrons.